The van der Waals surface area contributed by atoms with E-state index in [0.717, 1.165) is 32.1 Å². The number of benzene rings is 1. The molecule has 1 heterocycles. The van der Waals surface area contributed by atoms with Crippen LogP contribution in [0.15, 0.2) is 34.2 Å². The Balaban J connectivity index is 1.63. The van der Waals surface area contributed by atoms with E-state index in [2.05, 4.69) is 15.6 Å². The number of hydrogen-bond donors (Lipinski definition) is 2. The van der Waals surface area contributed by atoms with Gasteiger partial charge in [-0.2, -0.15) is 0 Å². The molecular formula is C20H26N4O3S. The Morgan fingerprint density at radius 2 is 1.96 bits per heavy atom. The summed E-state index contributed by atoms with van der Waals surface area (Å²) in [7, 11) is 0. The van der Waals surface area contributed by atoms with Crippen LogP contribution in [0.3, 0.4) is 0 Å². The SMILES string of the molecule is CCCn1c(SCC(=O)NC(=O)NC2CCCCC2)nc2ccccc2c1=O. The molecule has 1 fully saturated rings. The highest BCUT2D eigenvalue weighted by molar-refractivity contribution is 7.99. The molecule has 0 radical (unpaired) electrons. The van der Waals surface area contributed by atoms with Crippen LogP contribution in [-0.2, 0) is 11.3 Å². The van der Waals surface area contributed by atoms with Gasteiger partial charge in [-0.1, -0.05) is 50.1 Å². The minimum absolute atomic E-state index is 0.0204. The van der Waals surface area contributed by atoms with Crippen LogP contribution in [0.1, 0.15) is 45.4 Å². The van der Waals surface area contributed by atoms with Crippen LogP contribution >= 0.6 is 11.8 Å². The Bertz CT molecular complexity index is 906. The topological polar surface area (TPSA) is 93.1 Å². The number of nitrogens with one attached hydrogen (secondary N) is 2. The Morgan fingerprint density at radius 3 is 2.71 bits per heavy atom. The molecule has 0 unspecified atom stereocenters. The van der Waals surface area contributed by atoms with Gasteiger partial charge in [0.05, 0.1) is 16.7 Å². The lowest BCUT2D eigenvalue weighted by molar-refractivity contribution is -0.117. The van der Waals surface area contributed by atoms with Crippen LogP contribution in [0.25, 0.3) is 10.9 Å². The number of thioether (sulfide) groups is 1. The number of nitrogens with zero attached hydrogens (tertiary/aromatic N) is 2. The second-order valence-electron chi connectivity index (χ2n) is 7.01. The van der Waals surface area contributed by atoms with Crippen LogP contribution in [0.4, 0.5) is 4.79 Å². The predicted octanol–water partition coefficient (Wildman–Crippen LogP) is 3.06. The number of urea groups is 1. The molecule has 1 saturated carbocycles. The molecule has 2 N–H and O–H groups in total. The second-order valence-corrected chi connectivity index (χ2v) is 7.96. The average Bonchev–Trinajstić information content (AvgIpc) is 2.69. The zero-order chi connectivity index (χ0) is 19.9. The van der Waals surface area contributed by atoms with Crippen molar-refractivity contribution in [3.63, 3.8) is 0 Å². The number of hydrogen-bond acceptors (Lipinski definition) is 5. The molecule has 8 heteroatoms. The standard InChI is InChI=1S/C20H26N4O3S/c1-2-12-24-18(26)15-10-6-7-11-16(15)22-20(24)28-13-17(25)23-19(27)21-14-8-4-3-5-9-14/h6-7,10-11,14H,2-5,8-9,12-13H2,1H3,(H2,21,23,25,27). The number of carbonyl (C=O) groups excluding carboxylic acids is 2. The predicted molar refractivity (Wildman–Crippen MR) is 111 cm³/mol. The lowest BCUT2D eigenvalue weighted by atomic mass is 9.96. The fraction of sp³-hybridized carbons (Fsp3) is 0.500. The van der Waals surface area contributed by atoms with E-state index in [1.807, 2.05) is 19.1 Å². The van der Waals surface area contributed by atoms with Gasteiger partial charge >= 0.3 is 6.03 Å². The molecule has 0 aliphatic heterocycles. The zero-order valence-corrected chi connectivity index (χ0v) is 16.9. The van der Waals surface area contributed by atoms with E-state index in [1.54, 1.807) is 16.7 Å². The first-order valence-electron chi connectivity index (χ1n) is 9.81. The number of fused-ring (bicyclic) bond motifs is 1. The quantitative estimate of drug-likeness (QED) is 0.572. The number of aromatic nitrogens is 2. The molecule has 150 valence electrons. The summed E-state index contributed by atoms with van der Waals surface area (Å²) in [6, 6.07) is 6.88. The summed E-state index contributed by atoms with van der Waals surface area (Å²) in [6.45, 7) is 2.52. The lowest BCUT2D eigenvalue weighted by Gasteiger charge is -2.22. The van der Waals surface area contributed by atoms with Crippen molar-refractivity contribution < 1.29 is 9.59 Å². The zero-order valence-electron chi connectivity index (χ0n) is 16.1. The third kappa shape index (κ3) is 5.13. The monoisotopic (exact) mass is 402 g/mol. The summed E-state index contributed by atoms with van der Waals surface area (Å²) in [5.41, 5.74) is 0.503. The van der Waals surface area contributed by atoms with Crippen molar-refractivity contribution in [3.8, 4) is 0 Å². The van der Waals surface area contributed by atoms with Crippen LogP contribution in [0, 0.1) is 0 Å². The summed E-state index contributed by atoms with van der Waals surface area (Å²) in [6.07, 6.45) is 6.12. The van der Waals surface area contributed by atoms with Crippen LogP contribution in [-0.4, -0.2) is 33.3 Å². The third-order valence-corrected chi connectivity index (χ3v) is 5.78. The summed E-state index contributed by atoms with van der Waals surface area (Å²) in [5.74, 6) is -0.379. The maximum absolute atomic E-state index is 12.7. The van der Waals surface area contributed by atoms with Gasteiger partial charge in [-0.15, -0.1) is 0 Å². The first-order chi connectivity index (χ1) is 13.6. The fourth-order valence-electron chi connectivity index (χ4n) is 3.44. The molecule has 0 saturated heterocycles. The highest BCUT2D eigenvalue weighted by Crippen LogP contribution is 2.19. The number of carbonyl (C=O) groups is 2. The number of amides is 3. The molecule has 0 bridgehead atoms. The minimum Gasteiger partial charge on any atom is -0.335 e. The van der Waals surface area contributed by atoms with E-state index in [4.69, 9.17) is 0 Å². The summed E-state index contributed by atoms with van der Waals surface area (Å²) in [5, 5.41) is 6.30. The maximum Gasteiger partial charge on any atom is 0.321 e. The molecule has 3 rings (SSSR count). The molecular weight excluding hydrogens is 376 g/mol. The largest absolute Gasteiger partial charge is 0.335 e. The van der Waals surface area contributed by atoms with Gasteiger partial charge in [0, 0.05) is 12.6 Å². The van der Waals surface area contributed by atoms with Crippen LogP contribution in [0.5, 0.6) is 0 Å². The number of rotatable bonds is 6. The van der Waals surface area contributed by atoms with Gasteiger partial charge in [0.15, 0.2) is 5.16 Å². The normalized spacial score (nSPS) is 14.8. The first kappa shape index (κ1) is 20.4. The van der Waals surface area contributed by atoms with Gasteiger partial charge in [-0.05, 0) is 31.4 Å². The Hall–Kier alpha value is -2.35. The fourth-order valence-corrected chi connectivity index (χ4v) is 4.27. The Morgan fingerprint density at radius 1 is 1.21 bits per heavy atom. The molecule has 1 aromatic carbocycles. The molecule has 1 aliphatic carbocycles. The maximum atomic E-state index is 12.7. The average molecular weight is 403 g/mol. The van der Waals surface area contributed by atoms with E-state index in [0.29, 0.717) is 22.6 Å². The Labute approximate surface area is 168 Å². The van der Waals surface area contributed by atoms with Gasteiger partial charge in [0.1, 0.15) is 0 Å². The minimum atomic E-state index is -0.449. The van der Waals surface area contributed by atoms with Gasteiger partial charge in [0.2, 0.25) is 5.91 Å². The van der Waals surface area contributed by atoms with Crippen molar-refractivity contribution >= 4 is 34.6 Å². The smallest absolute Gasteiger partial charge is 0.321 e. The van der Waals surface area contributed by atoms with E-state index in [-0.39, 0.29) is 17.4 Å². The van der Waals surface area contributed by atoms with Crippen molar-refractivity contribution in [3.05, 3.63) is 34.6 Å². The molecule has 3 amide bonds. The first-order valence-corrected chi connectivity index (χ1v) is 10.8. The Kier molecular flexibility index (Phi) is 7.08. The van der Waals surface area contributed by atoms with E-state index in [9.17, 15) is 14.4 Å². The molecule has 28 heavy (non-hydrogen) atoms. The number of para-hydroxylation sites is 1. The van der Waals surface area contributed by atoms with Gasteiger partial charge in [0.25, 0.3) is 5.56 Å². The van der Waals surface area contributed by atoms with Crippen LogP contribution in [0.2, 0.25) is 0 Å². The van der Waals surface area contributed by atoms with Crippen molar-refractivity contribution in [1.29, 1.82) is 0 Å². The number of imide groups is 1. The van der Waals surface area contributed by atoms with Crippen LogP contribution < -0.4 is 16.2 Å². The van der Waals surface area contributed by atoms with E-state index >= 15 is 0 Å². The van der Waals surface area contributed by atoms with Crippen molar-refractivity contribution in [2.45, 2.75) is 63.2 Å². The molecule has 2 aromatic rings. The van der Waals surface area contributed by atoms with E-state index < -0.39 is 11.9 Å². The highest BCUT2D eigenvalue weighted by atomic mass is 32.2. The second kappa shape index (κ2) is 9.73. The molecule has 1 aromatic heterocycles. The molecule has 0 atom stereocenters. The van der Waals surface area contributed by atoms with Gasteiger partial charge < -0.3 is 5.32 Å². The van der Waals surface area contributed by atoms with Crippen molar-refractivity contribution in [2.24, 2.45) is 0 Å². The third-order valence-electron chi connectivity index (χ3n) is 4.80. The summed E-state index contributed by atoms with van der Waals surface area (Å²) < 4.78 is 1.60. The molecule has 1 aliphatic rings. The lowest BCUT2D eigenvalue weighted by Crippen LogP contribution is -2.45. The van der Waals surface area contributed by atoms with E-state index in [1.165, 1.54) is 18.2 Å². The molecule has 7 nitrogen and oxygen atoms in total. The molecule has 0 spiro atoms. The van der Waals surface area contributed by atoms with Gasteiger partial charge in [-0.25, -0.2) is 9.78 Å². The van der Waals surface area contributed by atoms with Gasteiger partial charge in [-0.3, -0.25) is 19.5 Å². The summed E-state index contributed by atoms with van der Waals surface area (Å²) in [4.78, 5) is 41.5. The van der Waals surface area contributed by atoms with Crippen molar-refractivity contribution in [1.82, 2.24) is 20.2 Å². The summed E-state index contributed by atoms with van der Waals surface area (Å²) >= 11 is 1.17. The van der Waals surface area contributed by atoms with Crippen molar-refractivity contribution in [2.75, 3.05) is 5.75 Å². The highest BCUT2D eigenvalue weighted by Gasteiger charge is 2.18.